The smallest absolute Gasteiger partial charge is 0.186 e. The third kappa shape index (κ3) is 4.03. The van der Waals surface area contributed by atoms with Crippen molar-refractivity contribution < 1.29 is 4.79 Å². The van der Waals surface area contributed by atoms with E-state index in [9.17, 15) is 4.79 Å². The number of aromatic nitrogens is 2. The summed E-state index contributed by atoms with van der Waals surface area (Å²) < 4.78 is 0. The summed E-state index contributed by atoms with van der Waals surface area (Å²) in [5.74, 6) is 0. The molecule has 1 aromatic rings. The molecule has 0 spiro atoms. The molecule has 4 heteroatoms. The first-order valence-electron chi connectivity index (χ1n) is 4.12. The van der Waals surface area contributed by atoms with Gasteiger partial charge in [-0.05, 0) is 12.1 Å². The van der Waals surface area contributed by atoms with E-state index in [1.54, 1.807) is 13.1 Å². The summed E-state index contributed by atoms with van der Waals surface area (Å²) in [6.07, 6.45) is 2.43. The van der Waals surface area contributed by atoms with Crippen LogP contribution in [0.5, 0.6) is 0 Å². The summed E-state index contributed by atoms with van der Waals surface area (Å²) in [6.45, 7) is 3.60. The maximum atomic E-state index is 10.8. The predicted octanol–water partition coefficient (Wildman–Crippen LogP) is 1.69. The number of carbonyl (C=O) groups is 1. The maximum Gasteiger partial charge on any atom is 0.186 e. The second-order valence-electron chi connectivity index (χ2n) is 2.84. The van der Waals surface area contributed by atoms with Crippen LogP contribution in [0, 0.1) is 0 Å². The number of hydrogen-bond donors (Lipinski definition) is 0. The molecule has 0 radical (unpaired) electrons. The molecule has 0 aliphatic carbocycles. The molecule has 0 aromatic carbocycles. The van der Waals surface area contributed by atoms with Gasteiger partial charge in [0.2, 0.25) is 0 Å². The first-order valence-corrected chi connectivity index (χ1v) is 5.00. The van der Waals surface area contributed by atoms with Crippen molar-refractivity contribution in [3.05, 3.63) is 24.0 Å². The topological polar surface area (TPSA) is 42.9 Å². The summed E-state index contributed by atoms with van der Waals surface area (Å²) in [5, 5.41) is 8.15. The molecule has 1 unspecified atom stereocenters. The van der Waals surface area contributed by atoms with E-state index in [4.69, 9.17) is 0 Å². The molecule has 0 saturated heterocycles. The van der Waals surface area contributed by atoms with Crippen LogP contribution in [0.25, 0.3) is 0 Å². The van der Waals surface area contributed by atoms with Crippen LogP contribution in [-0.2, 0) is 11.2 Å². The van der Waals surface area contributed by atoms with Crippen LogP contribution in [0.4, 0.5) is 0 Å². The van der Waals surface area contributed by atoms with Gasteiger partial charge in [0, 0.05) is 24.8 Å². The Morgan fingerprint density at radius 1 is 1.69 bits per heavy atom. The molecule has 1 aromatic heterocycles. The third-order valence-corrected chi connectivity index (χ3v) is 2.39. The summed E-state index contributed by atoms with van der Waals surface area (Å²) in [6, 6.07) is 3.78. The molecule has 0 aliphatic heterocycles. The average molecular weight is 196 g/mol. The molecule has 3 nitrogen and oxygen atoms in total. The van der Waals surface area contributed by atoms with Gasteiger partial charge < -0.3 is 0 Å². The van der Waals surface area contributed by atoms with E-state index in [1.165, 1.54) is 11.8 Å². The lowest BCUT2D eigenvalue weighted by Gasteiger charge is -2.06. The van der Waals surface area contributed by atoms with Crippen LogP contribution in [0.1, 0.15) is 19.5 Å². The van der Waals surface area contributed by atoms with Gasteiger partial charge in [0.25, 0.3) is 0 Å². The van der Waals surface area contributed by atoms with Gasteiger partial charge in [0.1, 0.15) is 0 Å². The SMILES string of the molecule is CC(=O)SC(C)Cc1cccnn1. The van der Waals surface area contributed by atoms with E-state index < -0.39 is 0 Å². The zero-order valence-corrected chi connectivity index (χ0v) is 8.54. The molecule has 0 bridgehead atoms. The zero-order valence-electron chi connectivity index (χ0n) is 7.73. The van der Waals surface area contributed by atoms with Gasteiger partial charge in [-0.2, -0.15) is 10.2 Å². The van der Waals surface area contributed by atoms with Crippen molar-refractivity contribution in [2.24, 2.45) is 0 Å². The second kappa shape index (κ2) is 4.97. The van der Waals surface area contributed by atoms with Crippen molar-refractivity contribution in [1.82, 2.24) is 10.2 Å². The normalized spacial score (nSPS) is 12.5. The molecule has 0 N–H and O–H groups in total. The Morgan fingerprint density at radius 3 is 3.00 bits per heavy atom. The first kappa shape index (κ1) is 10.2. The van der Waals surface area contributed by atoms with E-state index in [1.807, 2.05) is 19.1 Å². The van der Waals surface area contributed by atoms with E-state index in [0.29, 0.717) is 0 Å². The molecule has 1 heterocycles. The third-order valence-electron chi connectivity index (χ3n) is 1.49. The van der Waals surface area contributed by atoms with E-state index >= 15 is 0 Å². The van der Waals surface area contributed by atoms with Crippen molar-refractivity contribution in [3.63, 3.8) is 0 Å². The molecule has 0 amide bonds. The average Bonchev–Trinajstić information content (AvgIpc) is 2.04. The fraction of sp³-hybridized carbons (Fsp3) is 0.444. The Bertz CT molecular complexity index is 276. The minimum atomic E-state index is 0.149. The Morgan fingerprint density at radius 2 is 2.46 bits per heavy atom. The van der Waals surface area contributed by atoms with Crippen LogP contribution in [0.2, 0.25) is 0 Å². The van der Waals surface area contributed by atoms with Gasteiger partial charge in [-0.1, -0.05) is 18.7 Å². The van der Waals surface area contributed by atoms with Crippen molar-refractivity contribution in [2.75, 3.05) is 0 Å². The molecule has 1 atom stereocenters. The Hall–Kier alpha value is -0.900. The second-order valence-corrected chi connectivity index (χ2v) is 4.45. The fourth-order valence-electron chi connectivity index (χ4n) is 1.06. The van der Waals surface area contributed by atoms with Crippen molar-refractivity contribution >= 4 is 16.9 Å². The number of carbonyl (C=O) groups excluding carboxylic acids is 1. The minimum absolute atomic E-state index is 0.149. The molecule has 0 fully saturated rings. The zero-order chi connectivity index (χ0) is 9.68. The predicted molar refractivity (Wildman–Crippen MR) is 53.5 cm³/mol. The lowest BCUT2D eigenvalue weighted by molar-refractivity contribution is -0.109. The van der Waals surface area contributed by atoms with Crippen LogP contribution in [0.15, 0.2) is 18.3 Å². The number of rotatable bonds is 3. The molecule has 1 rings (SSSR count). The van der Waals surface area contributed by atoms with Crippen LogP contribution in [0.3, 0.4) is 0 Å². The Kier molecular flexibility index (Phi) is 3.89. The number of nitrogens with zero attached hydrogens (tertiary/aromatic N) is 2. The number of thioether (sulfide) groups is 1. The van der Waals surface area contributed by atoms with Crippen LogP contribution in [-0.4, -0.2) is 20.6 Å². The van der Waals surface area contributed by atoms with Crippen molar-refractivity contribution in [2.45, 2.75) is 25.5 Å². The highest BCUT2D eigenvalue weighted by Crippen LogP contribution is 2.14. The number of hydrogen-bond acceptors (Lipinski definition) is 4. The molecule has 0 saturated carbocycles. The maximum absolute atomic E-state index is 10.8. The van der Waals surface area contributed by atoms with Gasteiger partial charge in [-0.3, -0.25) is 4.79 Å². The summed E-state index contributed by atoms with van der Waals surface area (Å²) in [4.78, 5) is 10.8. The molecule has 70 valence electrons. The first-order chi connectivity index (χ1) is 6.18. The highest BCUT2D eigenvalue weighted by molar-refractivity contribution is 8.14. The lowest BCUT2D eigenvalue weighted by Crippen LogP contribution is -2.05. The van der Waals surface area contributed by atoms with Crippen molar-refractivity contribution in [3.8, 4) is 0 Å². The molecular formula is C9H12N2OS. The highest BCUT2D eigenvalue weighted by Gasteiger charge is 2.07. The molecule has 13 heavy (non-hydrogen) atoms. The Labute approximate surface area is 81.9 Å². The Balaban J connectivity index is 2.45. The van der Waals surface area contributed by atoms with E-state index in [2.05, 4.69) is 10.2 Å². The summed E-state index contributed by atoms with van der Waals surface area (Å²) in [5.41, 5.74) is 0.934. The quantitative estimate of drug-likeness (QED) is 0.737. The highest BCUT2D eigenvalue weighted by atomic mass is 32.2. The van der Waals surface area contributed by atoms with Crippen molar-refractivity contribution in [1.29, 1.82) is 0 Å². The summed E-state index contributed by atoms with van der Waals surface area (Å²) in [7, 11) is 0. The van der Waals surface area contributed by atoms with Crippen LogP contribution >= 0.6 is 11.8 Å². The van der Waals surface area contributed by atoms with Gasteiger partial charge >= 0.3 is 0 Å². The van der Waals surface area contributed by atoms with E-state index in [0.717, 1.165) is 12.1 Å². The molecule has 0 aliphatic rings. The van der Waals surface area contributed by atoms with Gasteiger partial charge in [-0.25, -0.2) is 0 Å². The summed E-state index contributed by atoms with van der Waals surface area (Å²) >= 11 is 1.34. The van der Waals surface area contributed by atoms with Crippen LogP contribution < -0.4 is 0 Å². The monoisotopic (exact) mass is 196 g/mol. The largest absolute Gasteiger partial charge is 0.288 e. The van der Waals surface area contributed by atoms with Gasteiger partial charge in [-0.15, -0.1) is 0 Å². The van der Waals surface area contributed by atoms with Gasteiger partial charge in [0.15, 0.2) is 5.12 Å². The minimum Gasteiger partial charge on any atom is -0.288 e. The van der Waals surface area contributed by atoms with Gasteiger partial charge in [0.05, 0.1) is 5.69 Å². The lowest BCUT2D eigenvalue weighted by atomic mass is 10.2. The molecular weight excluding hydrogens is 184 g/mol. The standard InChI is InChI=1S/C9H12N2OS/c1-7(13-8(2)12)6-9-4-3-5-10-11-9/h3-5,7H,6H2,1-2H3. The van der Waals surface area contributed by atoms with E-state index in [-0.39, 0.29) is 10.4 Å². The fourth-order valence-corrected chi connectivity index (χ4v) is 1.88.